The second-order valence-electron chi connectivity index (χ2n) is 7.12. The largest absolute Gasteiger partial charge is 0.366 e. The molecule has 0 heterocycles. The molecule has 0 aliphatic carbocycles. The van der Waals surface area contributed by atoms with Gasteiger partial charge in [-0.2, -0.15) is 8.42 Å². The minimum Gasteiger partial charge on any atom is -0.366 e. The second kappa shape index (κ2) is 10.3. The summed E-state index contributed by atoms with van der Waals surface area (Å²) >= 11 is 1.56. The third-order valence-electron chi connectivity index (χ3n) is 4.56. The maximum Gasteiger partial charge on any atom is 0.271 e. The molecule has 0 aromatic heterocycles. The molecule has 6 nitrogen and oxygen atoms in total. The lowest BCUT2D eigenvalue weighted by Gasteiger charge is -2.31. The third kappa shape index (κ3) is 6.39. The zero-order chi connectivity index (χ0) is 23.2. The molecule has 3 N–H and O–H groups in total. The van der Waals surface area contributed by atoms with Crippen molar-refractivity contribution in [1.29, 1.82) is 0 Å². The molecule has 0 aliphatic heterocycles. The average molecular weight is 475 g/mol. The highest BCUT2D eigenvalue weighted by molar-refractivity contribution is 7.98. The lowest BCUT2D eigenvalue weighted by Crippen LogP contribution is -2.55. The lowest BCUT2D eigenvalue weighted by atomic mass is 10.0. The van der Waals surface area contributed by atoms with Crippen LogP contribution in [0.1, 0.15) is 16.7 Å². The first-order valence-electron chi connectivity index (χ1n) is 9.65. The van der Waals surface area contributed by atoms with Crippen LogP contribution in [0, 0.1) is 5.82 Å². The number of primary amides is 1. The Morgan fingerprint density at radius 2 is 1.72 bits per heavy atom. The highest BCUT2D eigenvalue weighted by atomic mass is 32.2. The van der Waals surface area contributed by atoms with E-state index in [1.807, 2.05) is 30.3 Å². The molecule has 0 spiro atoms. The molecule has 32 heavy (non-hydrogen) atoms. The molecular formula is C23H23FN2O4S2. The van der Waals surface area contributed by atoms with Gasteiger partial charge in [0.25, 0.3) is 16.0 Å². The van der Waals surface area contributed by atoms with E-state index >= 15 is 0 Å². The molecule has 0 saturated carbocycles. The Hall–Kier alpha value is -2.72. The molecular weight excluding hydrogens is 451 g/mol. The minimum absolute atomic E-state index is 0.127. The van der Waals surface area contributed by atoms with Crippen molar-refractivity contribution in [3.63, 3.8) is 0 Å². The van der Waals surface area contributed by atoms with Gasteiger partial charge in [0.2, 0.25) is 5.72 Å². The normalized spacial score (nSPS) is 13.4. The van der Waals surface area contributed by atoms with Gasteiger partial charge in [-0.1, -0.05) is 54.6 Å². The average Bonchev–Trinajstić information content (AvgIpc) is 2.75. The SMILES string of the molecule is CS(=O)(=O)OC(NCc1ccc(SCc2cccc(F)c2)cc1)(C(N)=O)c1ccccc1. The first-order valence-corrected chi connectivity index (χ1v) is 12.5. The maximum absolute atomic E-state index is 13.3. The first-order chi connectivity index (χ1) is 15.2. The van der Waals surface area contributed by atoms with E-state index in [0.29, 0.717) is 5.75 Å². The molecule has 0 fully saturated rings. The van der Waals surface area contributed by atoms with Crippen molar-refractivity contribution in [1.82, 2.24) is 5.32 Å². The van der Waals surface area contributed by atoms with Crippen LogP contribution in [0.25, 0.3) is 0 Å². The monoisotopic (exact) mass is 474 g/mol. The van der Waals surface area contributed by atoms with Gasteiger partial charge in [0.1, 0.15) is 5.82 Å². The molecule has 0 radical (unpaired) electrons. The van der Waals surface area contributed by atoms with E-state index in [4.69, 9.17) is 9.92 Å². The molecule has 0 saturated heterocycles. The Morgan fingerprint density at radius 3 is 2.31 bits per heavy atom. The van der Waals surface area contributed by atoms with Gasteiger partial charge in [-0.25, -0.2) is 8.57 Å². The number of hydrogen-bond acceptors (Lipinski definition) is 6. The summed E-state index contributed by atoms with van der Waals surface area (Å²) in [5, 5.41) is 2.88. The predicted octanol–water partition coefficient (Wildman–Crippen LogP) is 3.52. The lowest BCUT2D eigenvalue weighted by molar-refractivity contribution is -0.137. The smallest absolute Gasteiger partial charge is 0.271 e. The van der Waals surface area contributed by atoms with Crippen molar-refractivity contribution in [2.24, 2.45) is 5.73 Å². The van der Waals surface area contributed by atoms with Crippen LogP contribution in [0.3, 0.4) is 0 Å². The minimum atomic E-state index is -4.02. The predicted molar refractivity (Wildman–Crippen MR) is 122 cm³/mol. The molecule has 0 bridgehead atoms. The van der Waals surface area contributed by atoms with Gasteiger partial charge in [0.05, 0.1) is 6.26 Å². The topological polar surface area (TPSA) is 98.5 Å². The van der Waals surface area contributed by atoms with Crippen molar-refractivity contribution in [3.05, 3.63) is 101 Å². The number of hydrogen-bond donors (Lipinski definition) is 2. The molecule has 168 valence electrons. The summed E-state index contributed by atoms with van der Waals surface area (Å²) in [6.07, 6.45) is 0.861. The van der Waals surface area contributed by atoms with Gasteiger partial charge in [0, 0.05) is 22.8 Å². The Kier molecular flexibility index (Phi) is 7.68. The van der Waals surface area contributed by atoms with Crippen LogP contribution < -0.4 is 11.1 Å². The third-order valence-corrected chi connectivity index (χ3v) is 6.20. The zero-order valence-electron chi connectivity index (χ0n) is 17.3. The summed E-state index contributed by atoms with van der Waals surface area (Å²) in [4.78, 5) is 13.3. The van der Waals surface area contributed by atoms with Crippen LogP contribution in [0.4, 0.5) is 4.39 Å². The van der Waals surface area contributed by atoms with Crippen molar-refractivity contribution in [3.8, 4) is 0 Å². The summed E-state index contributed by atoms with van der Waals surface area (Å²) < 4.78 is 42.3. The number of carbonyl (C=O) groups is 1. The van der Waals surface area contributed by atoms with Crippen molar-refractivity contribution >= 4 is 27.8 Å². The zero-order valence-corrected chi connectivity index (χ0v) is 19.0. The van der Waals surface area contributed by atoms with Crippen molar-refractivity contribution in [2.75, 3.05) is 6.26 Å². The van der Waals surface area contributed by atoms with E-state index in [2.05, 4.69) is 5.32 Å². The van der Waals surface area contributed by atoms with Crippen LogP contribution >= 0.6 is 11.8 Å². The van der Waals surface area contributed by atoms with Crippen LogP contribution in [0.5, 0.6) is 0 Å². The van der Waals surface area contributed by atoms with Crippen molar-refractivity contribution in [2.45, 2.75) is 22.9 Å². The molecule has 3 aromatic rings. The number of halogens is 1. The number of nitrogens with one attached hydrogen (secondary N) is 1. The van der Waals surface area contributed by atoms with E-state index in [1.165, 1.54) is 12.1 Å². The molecule has 1 amide bonds. The number of thioether (sulfide) groups is 1. The number of benzene rings is 3. The Labute approximate surface area is 191 Å². The number of nitrogens with two attached hydrogens (primary N) is 1. The van der Waals surface area contributed by atoms with E-state index in [-0.39, 0.29) is 17.9 Å². The van der Waals surface area contributed by atoms with E-state index < -0.39 is 21.8 Å². The standard InChI is InChI=1S/C23H23FN2O4S2/c1-32(28,29)30-23(22(25)27,19-7-3-2-4-8-19)26-15-17-10-12-21(13-11-17)31-16-18-6-5-9-20(24)14-18/h2-14,26H,15-16H2,1H3,(H2,25,27). The first kappa shape index (κ1) is 23.9. The number of rotatable bonds is 10. The van der Waals surface area contributed by atoms with Crippen LogP contribution in [0.15, 0.2) is 83.8 Å². The summed E-state index contributed by atoms with van der Waals surface area (Å²) in [5.74, 6) is -0.621. The second-order valence-corrected chi connectivity index (χ2v) is 9.74. The highest BCUT2D eigenvalue weighted by Crippen LogP contribution is 2.27. The van der Waals surface area contributed by atoms with E-state index in [9.17, 15) is 17.6 Å². The van der Waals surface area contributed by atoms with Crippen LogP contribution in [-0.4, -0.2) is 20.6 Å². The van der Waals surface area contributed by atoms with Gasteiger partial charge in [-0.15, -0.1) is 11.8 Å². The van der Waals surface area contributed by atoms with Gasteiger partial charge in [0.15, 0.2) is 0 Å². The summed E-state index contributed by atoms with van der Waals surface area (Å²) in [7, 11) is -4.02. The summed E-state index contributed by atoms with van der Waals surface area (Å²) in [6.45, 7) is 0.127. The van der Waals surface area contributed by atoms with Gasteiger partial charge in [-0.3, -0.25) is 10.1 Å². The molecule has 3 aromatic carbocycles. The number of carbonyl (C=O) groups excluding carboxylic acids is 1. The fourth-order valence-electron chi connectivity index (χ4n) is 3.07. The molecule has 1 unspecified atom stereocenters. The summed E-state index contributed by atoms with van der Waals surface area (Å²) in [6, 6.07) is 22.1. The fourth-order valence-corrected chi connectivity index (χ4v) is 4.61. The molecule has 9 heteroatoms. The Bertz CT molecular complexity index is 1170. The van der Waals surface area contributed by atoms with Crippen LogP contribution in [0.2, 0.25) is 0 Å². The van der Waals surface area contributed by atoms with Gasteiger partial charge in [-0.05, 0) is 35.4 Å². The van der Waals surface area contributed by atoms with Gasteiger partial charge >= 0.3 is 0 Å². The maximum atomic E-state index is 13.3. The molecule has 3 rings (SSSR count). The van der Waals surface area contributed by atoms with Crippen molar-refractivity contribution < 1.29 is 21.8 Å². The molecule has 0 aliphatic rings. The molecule has 1 atom stereocenters. The number of amides is 1. The van der Waals surface area contributed by atoms with E-state index in [1.54, 1.807) is 48.2 Å². The Morgan fingerprint density at radius 1 is 1.03 bits per heavy atom. The fraction of sp³-hybridized carbons (Fsp3) is 0.174. The van der Waals surface area contributed by atoms with E-state index in [0.717, 1.165) is 22.3 Å². The Balaban J connectivity index is 1.73. The highest BCUT2D eigenvalue weighted by Gasteiger charge is 2.43. The quantitative estimate of drug-likeness (QED) is 0.265. The van der Waals surface area contributed by atoms with Gasteiger partial charge < -0.3 is 5.73 Å². The summed E-state index contributed by atoms with van der Waals surface area (Å²) in [5.41, 5.74) is 5.49. The van der Waals surface area contributed by atoms with Crippen LogP contribution in [-0.2, 0) is 37.1 Å².